The molecule has 0 unspecified atom stereocenters. The van der Waals surface area contributed by atoms with Crippen molar-refractivity contribution < 1.29 is 24.3 Å². The van der Waals surface area contributed by atoms with E-state index in [9.17, 15) is 19.2 Å². The maximum Gasteiger partial charge on any atom is 0.303 e. The molecule has 10 nitrogen and oxygen atoms in total. The minimum absolute atomic E-state index is 0.0811. The van der Waals surface area contributed by atoms with E-state index in [2.05, 4.69) is 56.2 Å². The smallest absolute Gasteiger partial charge is 0.303 e. The molecule has 3 aliphatic rings. The van der Waals surface area contributed by atoms with Crippen LogP contribution in [0.4, 0.5) is 0 Å². The molecule has 0 aliphatic carbocycles. The van der Waals surface area contributed by atoms with Gasteiger partial charge in [0.2, 0.25) is 11.8 Å². The summed E-state index contributed by atoms with van der Waals surface area (Å²) in [6.07, 6.45) is 5.91. The summed E-state index contributed by atoms with van der Waals surface area (Å²) >= 11 is 0. The average molecular weight is 596 g/mol. The second-order valence-electron chi connectivity index (χ2n) is 12.7. The zero-order chi connectivity index (χ0) is 31.7. The van der Waals surface area contributed by atoms with Crippen LogP contribution in [0.2, 0.25) is 0 Å². The summed E-state index contributed by atoms with van der Waals surface area (Å²) in [5.74, 6) is -0.523. The van der Waals surface area contributed by atoms with Gasteiger partial charge in [-0.15, -0.1) is 0 Å². The lowest BCUT2D eigenvalue weighted by Gasteiger charge is -2.37. The van der Waals surface area contributed by atoms with E-state index in [1.807, 2.05) is 9.80 Å². The summed E-state index contributed by atoms with van der Waals surface area (Å²) in [7, 11) is 0. The molecule has 10 heteroatoms. The topological polar surface area (TPSA) is 105 Å². The maximum absolute atomic E-state index is 11.8. The van der Waals surface area contributed by atoms with Crippen LogP contribution in [0.15, 0.2) is 0 Å². The Bertz CT molecular complexity index is 797. The van der Waals surface area contributed by atoms with Crippen LogP contribution >= 0.6 is 0 Å². The molecule has 42 heavy (non-hydrogen) atoms. The number of carboxylic acid groups (broad SMARTS) is 1. The summed E-state index contributed by atoms with van der Waals surface area (Å²) in [6.45, 7) is 24.3. The molecule has 0 bridgehead atoms. The second kappa shape index (κ2) is 20.8. The van der Waals surface area contributed by atoms with Gasteiger partial charge in [-0.05, 0) is 80.8 Å². The number of amides is 2. The Morgan fingerprint density at radius 1 is 0.524 bits per heavy atom. The molecule has 3 fully saturated rings. The molecule has 0 saturated carbocycles. The van der Waals surface area contributed by atoms with Crippen molar-refractivity contribution in [3.63, 3.8) is 0 Å². The predicted octanol–water partition coefficient (Wildman–Crippen LogP) is 3.58. The summed E-state index contributed by atoms with van der Waals surface area (Å²) in [5, 5.41) is 8.50. The number of aliphatic carboxylic acids is 1. The molecule has 0 atom stereocenters. The molecule has 0 radical (unpaired) electrons. The second-order valence-corrected chi connectivity index (χ2v) is 12.7. The van der Waals surface area contributed by atoms with Crippen LogP contribution < -0.4 is 0 Å². The van der Waals surface area contributed by atoms with Gasteiger partial charge in [-0.3, -0.25) is 24.2 Å². The Morgan fingerprint density at radius 2 is 0.905 bits per heavy atom. The first-order valence-electron chi connectivity index (χ1n) is 16.3. The van der Waals surface area contributed by atoms with Crippen molar-refractivity contribution in [2.45, 2.75) is 118 Å². The lowest BCUT2D eigenvalue weighted by Crippen LogP contribution is -2.50. The number of Topliss-reactive ketones (excluding diaryl/α,β-unsaturated/α-hetero) is 1. The molecular weight excluding hydrogens is 534 g/mol. The number of hydrogen-bond donors (Lipinski definition) is 1. The summed E-state index contributed by atoms with van der Waals surface area (Å²) in [4.78, 5) is 55.6. The molecule has 244 valence electrons. The number of carbonyl (C=O) groups is 4. The summed E-state index contributed by atoms with van der Waals surface area (Å²) in [6, 6.07) is 1.85. The lowest BCUT2D eigenvalue weighted by molar-refractivity contribution is -0.137. The van der Waals surface area contributed by atoms with Gasteiger partial charge in [0.25, 0.3) is 0 Å². The van der Waals surface area contributed by atoms with Crippen LogP contribution in [0.3, 0.4) is 0 Å². The fourth-order valence-corrected chi connectivity index (χ4v) is 5.40. The number of likely N-dealkylation sites (tertiary alicyclic amines) is 1. The minimum atomic E-state index is -0.831. The van der Waals surface area contributed by atoms with E-state index in [-0.39, 0.29) is 24.0 Å². The van der Waals surface area contributed by atoms with Crippen LogP contribution in [0.25, 0.3) is 0 Å². The third-order valence-electron chi connectivity index (χ3n) is 8.39. The molecule has 1 N–H and O–H groups in total. The lowest BCUT2D eigenvalue weighted by atomic mass is 10.1. The first-order chi connectivity index (χ1) is 19.8. The highest BCUT2D eigenvalue weighted by atomic mass is 16.4. The highest BCUT2D eigenvalue weighted by Gasteiger charge is 2.23. The Morgan fingerprint density at radius 3 is 1.24 bits per heavy atom. The van der Waals surface area contributed by atoms with Gasteiger partial charge in [-0.25, -0.2) is 0 Å². The quantitative estimate of drug-likeness (QED) is 0.409. The Hall–Kier alpha value is -2.04. The van der Waals surface area contributed by atoms with Gasteiger partial charge in [0.05, 0.1) is 0 Å². The van der Waals surface area contributed by atoms with E-state index >= 15 is 0 Å². The van der Waals surface area contributed by atoms with Crippen molar-refractivity contribution in [2.75, 3.05) is 65.4 Å². The summed E-state index contributed by atoms with van der Waals surface area (Å²) in [5.41, 5.74) is 0. The molecule has 3 rings (SSSR count). The van der Waals surface area contributed by atoms with Crippen molar-refractivity contribution in [1.82, 2.24) is 24.5 Å². The first-order valence-corrected chi connectivity index (χ1v) is 16.3. The Kier molecular flexibility index (Phi) is 18.8. The fraction of sp³-hybridized carbons (Fsp3) is 0.875. The van der Waals surface area contributed by atoms with Crippen LogP contribution in [-0.4, -0.2) is 137 Å². The van der Waals surface area contributed by atoms with E-state index in [1.165, 1.54) is 39.3 Å². The number of nitrogens with zero attached hydrogens (tertiary/aromatic N) is 5. The van der Waals surface area contributed by atoms with Crippen LogP contribution in [-0.2, 0) is 19.2 Å². The standard InChI is InChI=1S/C12H22N2O3.C12H22N2O2.C8H17N/c1-10(2)13-6-8-14(9-7-13)11(15)4-3-5-12(16)17;1-10(2)13-6-8-14(9-7-13)12(16)5-4-11(3)15;1-8(2)9-6-4-3-5-7-9/h10H,3-9H2,1-2H3,(H,16,17);10H,4-9H2,1-3H3;8H,3-7H2,1-2H3. The first kappa shape index (κ1) is 38.0. The van der Waals surface area contributed by atoms with Crippen LogP contribution in [0.5, 0.6) is 0 Å². The van der Waals surface area contributed by atoms with Gasteiger partial charge >= 0.3 is 5.97 Å². The molecule has 0 spiro atoms. The molecular formula is C32H61N5O5. The number of piperazine rings is 2. The highest BCUT2D eigenvalue weighted by molar-refractivity contribution is 5.83. The number of rotatable bonds is 10. The number of ketones is 1. The van der Waals surface area contributed by atoms with E-state index in [0.29, 0.717) is 37.8 Å². The molecule has 3 aliphatic heterocycles. The van der Waals surface area contributed by atoms with E-state index in [0.717, 1.165) is 58.4 Å². The van der Waals surface area contributed by atoms with Gasteiger partial charge in [-0.2, -0.15) is 0 Å². The fourth-order valence-electron chi connectivity index (χ4n) is 5.40. The van der Waals surface area contributed by atoms with Crippen molar-refractivity contribution in [3.8, 4) is 0 Å². The average Bonchev–Trinajstić information content (AvgIpc) is 2.96. The third kappa shape index (κ3) is 16.0. The van der Waals surface area contributed by atoms with Crippen molar-refractivity contribution in [3.05, 3.63) is 0 Å². The van der Waals surface area contributed by atoms with E-state index in [1.54, 1.807) is 0 Å². The SMILES string of the molecule is CC(=O)CCC(=O)N1CCN(C(C)C)CC1.CC(C)N1CCCCC1.CC(C)N1CCN(C(=O)CCCC(=O)O)CC1. The van der Waals surface area contributed by atoms with E-state index in [4.69, 9.17) is 5.11 Å². The largest absolute Gasteiger partial charge is 0.481 e. The highest BCUT2D eigenvalue weighted by Crippen LogP contribution is 2.11. The number of carbonyl (C=O) groups excluding carboxylic acids is 3. The van der Waals surface area contributed by atoms with Crippen LogP contribution in [0, 0.1) is 0 Å². The van der Waals surface area contributed by atoms with E-state index < -0.39 is 5.97 Å². The molecule has 2 amide bonds. The van der Waals surface area contributed by atoms with Crippen molar-refractivity contribution in [2.24, 2.45) is 0 Å². The Labute approximate surface area is 255 Å². The number of piperidine rings is 1. The number of hydrogen-bond acceptors (Lipinski definition) is 7. The molecule has 3 heterocycles. The van der Waals surface area contributed by atoms with Gasteiger partial charge in [0, 0.05) is 96.2 Å². The molecule has 0 aromatic heterocycles. The maximum atomic E-state index is 11.8. The van der Waals surface area contributed by atoms with Crippen molar-refractivity contribution in [1.29, 1.82) is 0 Å². The van der Waals surface area contributed by atoms with Gasteiger partial charge < -0.3 is 24.6 Å². The molecule has 0 aromatic carbocycles. The van der Waals surface area contributed by atoms with Gasteiger partial charge in [0.1, 0.15) is 5.78 Å². The molecule has 0 aromatic rings. The van der Waals surface area contributed by atoms with Gasteiger partial charge in [-0.1, -0.05) is 6.42 Å². The zero-order valence-electron chi connectivity index (χ0n) is 27.8. The third-order valence-corrected chi connectivity index (χ3v) is 8.39. The normalized spacial score (nSPS) is 18.8. The zero-order valence-corrected chi connectivity index (χ0v) is 27.8. The number of carboxylic acids is 1. The van der Waals surface area contributed by atoms with Crippen LogP contribution in [0.1, 0.15) is 99.8 Å². The minimum Gasteiger partial charge on any atom is -0.481 e. The van der Waals surface area contributed by atoms with Gasteiger partial charge in [0.15, 0.2) is 0 Å². The molecule has 3 saturated heterocycles. The monoisotopic (exact) mass is 595 g/mol. The summed E-state index contributed by atoms with van der Waals surface area (Å²) < 4.78 is 0. The predicted molar refractivity (Wildman–Crippen MR) is 169 cm³/mol. The van der Waals surface area contributed by atoms with Crippen molar-refractivity contribution >= 4 is 23.6 Å². The Balaban J connectivity index is 0.000000329.